The molecule has 1 heterocycles. The fourth-order valence-electron chi connectivity index (χ4n) is 3.92. The van der Waals surface area contributed by atoms with Gasteiger partial charge in [-0.25, -0.2) is 4.98 Å². The number of ether oxygens (including phenoxy) is 1. The lowest BCUT2D eigenvalue weighted by molar-refractivity contribution is 0.0346. The highest BCUT2D eigenvalue weighted by Gasteiger charge is 2.24. The molecule has 0 saturated heterocycles. The van der Waals surface area contributed by atoms with Crippen molar-refractivity contribution < 1.29 is 9.84 Å². The maximum atomic E-state index is 9.85. The molecule has 7 heteroatoms. The lowest BCUT2D eigenvalue weighted by atomic mass is 9.93. The third kappa shape index (κ3) is 5.05. The second-order valence-electron chi connectivity index (χ2n) is 7.30. The van der Waals surface area contributed by atoms with Gasteiger partial charge in [0, 0.05) is 18.7 Å². The SMILES string of the molecule is CCOC1CCC(Nc2ncc(C#N)c(N[C@@H]3CCC[C@@H](O)C3)n2)CC1. The maximum absolute atomic E-state index is 9.85. The van der Waals surface area contributed by atoms with Crippen molar-refractivity contribution in [3.8, 4) is 6.07 Å². The highest BCUT2D eigenvalue weighted by Crippen LogP contribution is 2.25. The molecule has 142 valence electrons. The first-order valence-corrected chi connectivity index (χ1v) is 9.77. The van der Waals surface area contributed by atoms with E-state index in [0.29, 0.717) is 35.9 Å². The number of aliphatic hydroxyl groups is 1. The van der Waals surface area contributed by atoms with Crippen LogP contribution >= 0.6 is 0 Å². The van der Waals surface area contributed by atoms with Gasteiger partial charge in [0.2, 0.25) is 5.95 Å². The molecule has 1 aromatic heterocycles. The van der Waals surface area contributed by atoms with Gasteiger partial charge in [0.05, 0.1) is 18.4 Å². The summed E-state index contributed by atoms with van der Waals surface area (Å²) in [6.45, 7) is 2.81. The summed E-state index contributed by atoms with van der Waals surface area (Å²) in [7, 11) is 0. The quantitative estimate of drug-likeness (QED) is 0.717. The van der Waals surface area contributed by atoms with E-state index in [1.54, 1.807) is 6.20 Å². The Balaban J connectivity index is 1.61. The smallest absolute Gasteiger partial charge is 0.224 e. The van der Waals surface area contributed by atoms with Gasteiger partial charge in [0.15, 0.2) is 0 Å². The molecule has 0 aliphatic heterocycles. The molecule has 0 unspecified atom stereocenters. The zero-order chi connectivity index (χ0) is 18.4. The summed E-state index contributed by atoms with van der Waals surface area (Å²) < 4.78 is 5.70. The average molecular weight is 359 g/mol. The molecule has 1 aromatic rings. The van der Waals surface area contributed by atoms with Gasteiger partial charge in [-0.2, -0.15) is 10.2 Å². The van der Waals surface area contributed by atoms with Crippen LogP contribution in [-0.4, -0.2) is 46.0 Å². The predicted octanol–water partition coefficient (Wildman–Crippen LogP) is 2.82. The fourth-order valence-corrected chi connectivity index (χ4v) is 3.92. The van der Waals surface area contributed by atoms with Crippen molar-refractivity contribution in [3.63, 3.8) is 0 Å². The Morgan fingerprint density at radius 3 is 2.69 bits per heavy atom. The highest BCUT2D eigenvalue weighted by atomic mass is 16.5. The Morgan fingerprint density at radius 1 is 1.19 bits per heavy atom. The van der Waals surface area contributed by atoms with Crippen molar-refractivity contribution >= 4 is 11.8 Å². The van der Waals surface area contributed by atoms with E-state index in [1.165, 1.54) is 0 Å². The molecular formula is C19H29N5O2. The molecule has 26 heavy (non-hydrogen) atoms. The number of rotatable bonds is 6. The Labute approximate surface area is 155 Å². The van der Waals surface area contributed by atoms with Crippen molar-refractivity contribution in [1.82, 2.24) is 9.97 Å². The summed E-state index contributed by atoms with van der Waals surface area (Å²) in [5, 5.41) is 25.9. The van der Waals surface area contributed by atoms with Crippen molar-refractivity contribution in [1.29, 1.82) is 5.26 Å². The molecule has 0 radical (unpaired) electrons. The van der Waals surface area contributed by atoms with E-state index in [1.807, 2.05) is 6.92 Å². The molecular weight excluding hydrogens is 330 g/mol. The van der Waals surface area contributed by atoms with Crippen molar-refractivity contribution in [2.24, 2.45) is 0 Å². The number of hydrogen-bond acceptors (Lipinski definition) is 7. The number of nitrogens with zero attached hydrogens (tertiary/aromatic N) is 3. The van der Waals surface area contributed by atoms with Gasteiger partial charge in [-0.1, -0.05) is 0 Å². The number of nitriles is 1. The monoisotopic (exact) mass is 359 g/mol. The second kappa shape index (κ2) is 9.15. The Hall–Kier alpha value is -1.91. The molecule has 2 saturated carbocycles. The molecule has 2 atom stereocenters. The summed E-state index contributed by atoms with van der Waals surface area (Å²) in [5.41, 5.74) is 0.440. The number of hydrogen-bond donors (Lipinski definition) is 3. The Kier molecular flexibility index (Phi) is 6.64. The van der Waals surface area contributed by atoms with Gasteiger partial charge in [0.1, 0.15) is 17.5 Å². The zero-order valence-electron chi connectivity index (χ0n) is 15.4. The minimum Gasteiger partial charge on any atom is -0.393 e. The molecule has 2 aliphatic carbocycles. The summed E-state index contributed by atoms with van der Waals surface area (Å²) in [5.74, 6) is 1.12. The zero-order valence-corrected chi connectivity index (χ0v) is 15.4. The van der Waals surface area contributed by atoms with Gasteiger partial charge >= 0.3 is 0 Å². The van der Waals surface area contributed by atoms with E-state index in [-0.39, 0.29) is 12.1 Å². The number of anilines is 2. The first-order valence-electron chi connectivity index (χ1n) is 9.77. The van der Waals surface area contributed by atoms with Gasteiger partial charge < -0.3 is 20.5 Å². The van der Waals surface area contributed by atoms with Crippen LogP contribution in [-0.2, 0) is 4.74 Å². The summed E-state index contributed by atoms with van der Waals surface area (Å²) >= 11 is 0. The minimum absolute atomic E-state index is 0.148. The number of aromatic nitrogens is 2. The van der Waals surface area contributed by atoms with Gasteiger partial charge in [-0.05, 0) is 58.3 Å². The summed E-state index contributed by atoms with van der Waals surface area (Å²) in [6.07, 6.45) is 9.35. The van der Waals surface area contributed by atoms with Crippen LogP contribution in [0.5, 0.6) is 0 Å². The predicted molar refractivity (Wildman–Crippen MR) is 99.9 cm³/mol. The third-order valence-electron chi connectivity index (χ3n) is 5.31. The van der Waals surface area contributed by atoms with Crippen LogP contribution < -0.4 is 10.6 Å². The highest BCUT2D eigenvalue weighted by molar-refractivity contribution is 5.54. The van der Waals surface area contributed by atoms with Crippen molar-refractivity contribution in [2.45, 2.75) is 82.6 Å². The molecule has 3 rings (SSSR count). The normalized spacial score (nSPS) is 29.0. The van der Waals surface area contributed by atoms with Crippen LogP contribution in [0, 0.1) is 11.3 Å². The first-order chi connectivity index (χ1) is 12.7. The maximum Gasteiger partial charge on any atom is 0.224 e. The first kappa shape index (κ1) is 18.9. The van der Waals surface area contributed by atoms with Gasteiger partial charge in [0.25, 0.3) is 0 Å². The van der Waals surface area contributed by atoms with Crippen LogP contribution in [0.2, 0.25) is 0 Å². The largest absolute Gasteiger partial charge is 0.393 e. The molecule has 2 aliphatic rings. The van der Waals surface area contributed by atoms with Gasteiger partial charge in [-0.15, -0.1) is 0 Å². The molecule has 0 aromatic carbocycles. The van der Waals surface area contributed by atoms with Crippen LogP contribution in [0.15, 0.2) is 6.20 Å². The molecule has 7 nitrogen and oxygen atoms in total. The lowest BCUT2D eigenvalue weighted by Crippen LogP contribution is -2.31. The summed E-state index contributed by atoms with van der Waals surface area (Å²) in [6, 6.07) is 2.64. The van der Waals surface area contributed by atoms with Crippen molar-refractivity contribution in [3.05, 3.63) is 11.8 Å². The van der Waals surface area contributed by atoms with E-state index in [9.17, 15) is 10.4 Å². The standard InChI is InChI=1S/C19H29N5O2/c1-2-26-17-8-6-14(7-9-17)23-19-21-12-13(11-20)18(24-19)22-15-4-3-5-16(25)10-15/h12,14-17,25H,2-10H2,1H3,(H2,21,22,23,24)/t14?,15-,16-,17?/m1/s1. The van der Waals surface area contributed by atoms with Crippen LogP contribution in [0.25, 0.3) is 0 Å². The van der Waals surface area contributed by atoms with Crippen LogP contribution in [0.4, 0.5) is 11.8 Å². The minimum atomic E-state index is -0.272. The molecule has 0 spiro atoms. The van der Waals surface area contributed by atoms with Gasteiger partial charge in [-0.3, -0.25) is 0 Å². The number of nitrogens with one attached hydrogen (secondary N) is 2. The van der Waals surface area contributed by atoms with E-state index < -0.39 is 0 Å². The molecule has 0 amide bonds. The Morgan fingerprint density at radius 2 is 2.00 bits per heavy atom. The van der Waals surface area contributed by atoms with Crippen molar-refractivity contribution in [2.75, 3.05) is 17.2 Å². The van der Waals surface area contributed by atoms with E-state index >= 15 is 0 Å². The average Bonchev–Trinajstić information content (AvgIpc) is 2.64. The lowest BCUT2D eigenvalue weighted by Gasteiger charge is -2.29. The van der Waals surface area contributed by atoms with Crippen LogP contribution in [0.3, 0.4) is 0 Å². The second-order valence-corrected chi connectivity index (χ2v) is 7.30. The number of aliphatic hydroxyl groups excluding tert-OH is 1. The fraction of sp³-hybridized carbons (Fsp3) is 0.737. The van der Waals surface area contributed by atoms with E-state index in [0.717, 1.165) is 51.6 Å². The topological polar surface area (TPSA) is 103 Å². The molecule has 0 bridgehead atoms. The molecule has 3 N–H and O–H groups in total. The molecule has 2 fully saturated rings. The Bertz CT molecular complexity index is 625. The summed E-state index contributed by atoms with van der Waals surface area (Å²) in [4.78, 5) is 8.85. The van der Waals surface area contributed by atoms with Crippen LogP contribution in [0.1, 0.15) is 63.9 Å². The van der Waals surface area contributed by atoms with E-state index in [4.69, 9.17) is 4.74 Å². The third-order valence-corrected chi connectivity index (χ3v) is 5.31. The van der Waals surface area contributed by atoms with E-state index in [2.05, 4.69) is 26.7 Å².